The van der Waals surface area contributed by atoms with E-state index < -0.39 is 70.2 Å². The van der Waals surface area contributed by atoms with E-state index in [9.17, 15) is 29.7 Å². The average molecular weight is 711 g/mol. The van der Waals surface area contributed by atoms with E-state index >= 15 is 0 Å². The standard InChI is InChI=1S/C44H54O8/c1-6-8-9-10-11-12-14-17-32-31(7-2)33-18-15-13-16-19-38(47)52-43-24-29(4)44(50)35(39(43)41(43,5)27-51-37(46)21-20-34(32)33)23-30(26-45)25-42(49)36(44)22-28(3)40(42)48/h7,9-18,20-23,29,31-36,39,45,49-50H,2,6,8,19,24-27H2,1,3-5H3/b10-9+,12-11+,16-13+,17-14+,18-15+,21-20?/t29-,31?,32?,33?,34?,35+,36-,39-,41-,42-,43+,44-/m1/s1. The van der Waals surface area contributed by atoms with Crippen molar-refractivity contribution in [1.29, 1.82) is 0 Å². The summed E-state index contributed by atoms with van der Waals surface area (Å²) in [4.78, 5) is 40.3. The molecule has 8 heteroatoms. The number of Topliss-reactive ketones (excluding diaryl/α,β-unsaturated/α-hetero) is 1. The Morgan fingerprint density at radius 3 is 2.50 bits per heavy atom. The summed E-state index contributed by atoms with van der Waals surface area (Å²) in [6, 6.07) is 0. The Balaban J connectivity index is 1.31. The molecule has 5 aliphatic carbocycles. The molecule has 8 nitrogen and oxygen atoms in total. The summed E-state index contributed by atoms with van der Waals surface area (Å²) in [6.45, 7) is 11.1. The van der Waals surface area contributed by atoms with E-state index in [1.165, 1.54) is 6.08 Å². The molecule has 0 aromatic carbocycles. The number of carbonyl (C=O) groups excluding carboxylic acids is 3. The number of cyclic esters (lactones) is 1. The number of fused-ring (bicyclic) bond motifs is 6. The highest BCUT2D eigenvalue weighted by atomic mass is 16.6. The fourth-order valence-corrected chi connectivity index (χ4v) is 10.4. The average Bonchev–Trinajstić information content (AvgIpc) is 3.55. The molecule has 0 aromatic heterocycles. The number of rotatable bonds is 7. The highest BCUT2D eigenvalue weighted by Gasteiger charge is 2.85. The largest absolute Gasteiger partial charge is 0.462 e. The molecule has 3 N–H and O–H groups in total. The van der Waals surface area contributed by atoms with E-state index in [1.54, 1.807) is 25.2 Å². The van der Waals surface area contributed by atoms with Gasteiger partial charge in [-0.3, -0.25) is 9.59 Å². The lowest BCUT2D eigenvalue weighted by Crippen LogP contribution is -2.61. The van der Waals surface area contributed by atoms with Crippen molar-refractivity contribution < 1.29 is 39.2 Å². The van der Waals surface area contributed by atoms with Crippen LogP contribution in [-0.2, 0) is 23.9 Å². The van der Waals surface area contributed by atoms with E-state index in [0.29, 0.717) is 11.1 Å². The van der Waals surface area contributed by atoms with Crippen LogP contribution in [0.4, 0.5) is 0 Å². The zero-order valence-electron chi connectivity index (χ0n) is 30.8. The molecule has 0 aromatic rings. The summed E-state index contributed by atoms with van der Waals surface area (Å²) in [5, 5.41) is 35.0. The topological polar surface area (TPSA) is 130 Å². The molecule has 0 radical (unpaired) electrons. The van der Waals surface area contributed by atoms with E-state index in [4.69, 9.17) is 9.47 Å². The fourth-order valence-electron chi connectivity index (χ4n) is 10.4. The smallest absolute Gasteiger partial charge is 0.330 e. The van der Waals surface area contributed by atoms with Crippen molar-refractivity contribution in [2.75, 3.05) is 13.2 Å². The van der Waals surface area contributed by atoms with Crippen LogP contribution in [0.5, 0.6) is 0 Å². The molecular formula is C44H54O8. The lowest BCUT2D eigenvalue weighted by Gasteiger charge is -2.50. The molecular weight excluding hydrogens is 656 g/mol. The summed E-state index contributed by atoms with van der Waals surface area (Å²) in [5.74, 6) is -3.69. The highest BCUT2D eigenvalue weighted by molar-refractivity contribution is 6.04. The number of ketones is 1. The number of esters is 2. The van der Waals surface area contributed by atoms with Gasteiger partial charge in [0.25, 0.3) is 0 Å². The van der Waals surface area contributed by atoms with Gasteiger partial charge in [0.15, 0.2) is 5.78 Å². The van der Waals surface area contributed by atoms with Gasteiger partial charge in [-0.25, -0.2) is 4.79 Å². The Kier molecular flexibility index (Phi) is 10.6. The minimum atomic E-state index is -1.90. The second-order valence-electron chi connectivity index (χ2n) is 16.0. The molecule has 1 aliphatic heterocycles. The minimum absolute atomic E-state index is 0.0251. The maximum Gasteiger partial charge on any atom is 0.330 e. The Morgan fingerprint density at radius 2 is 1.77 bits per heavy atom. The van der Waals surface area contributed by atoms with Crippen molar-refractivity contribution in [3.63, 3.8) is 0 Å². The van der Waals surface area contributed by atoms with Crippen LogP contribution in [0.25, 0.3) is 0 Å². The first-order chi connectivity index (χ1) is 24.8. The van der Waals surface area contributed by atoms with Gasteiger partial charge >= 0.3 is 11.9 Å². The fraction of sp³-hybridized carbons (Fsp3) is 0.523. The van der Waals surface area contributed by atoms with Gasteiger partial charge in [0.05, 0.1) is 18.6 Å². The summed E-state index contributed by atoms with van der Waals surface area (Å²) in [5.41, 5.74) is -4.69. The third kappa shape index (κ3) is 6.10. The normalized spacial score (nSPS) is 44.2. The third-order valence-corrected chi connectivity index (χ3v) is 13.1. The van der Waals surface area contributed by atoms with Gasteiger partial charge in [0.2, 0.25) is 0 Å². The van der Waals surface area contributed by atoms with E-state index in [1.807, 2.05) is 62.5 Å². The third-order valence-electron chi connectivity index (χ3n) is 13.1. The number of allylic oxidation sites excluding steroid dienone is 11. The van der Waals surface area contributed by atoms with E-state index in [-0.39, 0.29) is 49.5 Å². The van der Waals surface area contributed by atoms with Crippen LogP contribution in [-0.4, -0.2) is 63.1 Å². The molecule has 1 spiro atoms. The van der Waals surface area contributed by atoms with Crippen LogP contribution in [0.2, 0.25) is 0 Å². The van der Waals surface area contributed by atoms with Crippen molar-refractivity contribution >= 4 is 17.7 Å². The van der Waals surface area contributed by atoms with Crippen molar-refractivity contribution in [3.05, 3.63) is 109 Å². The number of aliphatic hydroxyl groups excluding tert-OH is 1. The maximum atomic E-state index is 13.5. The summed E-state index contributed by atoms with van der Waals surface area (Å²) >= 11 is 0. The first-order valence-corrected chi connectivity index (χ1v) is 18.8. The van der Waals surface area contributed by atoms with Crippen molar-refractivity contribution in [2.24, 2.45) is 52.8 Å². The Morgan fingerprint density at radius 1 is 1.02 bits per heavy atom. The predicted octanol–water partition coefficient (Wildman–Crippen LogP) is 6.24. The number of carbonyl (C=O) groups is 3. The first-order valence-electron chi connectivity index (χ1n) is 18.8. The number of aliphatic hydroxyl groups is 3. The first kappa shape index (κ1) is 37.9. The molecule has 278 valence electrons. The van der Waals surface area contributed by atoms with Crippen molar-refractivity contribution in [3.8, 4) is 0 Å². The van der Waals surface area contributed by atoms with Crippen molar-refractivity contribution in [1.82, 2.24) is 0 Å². The Labute approximate surface area is 307 Å². The van der Waals surface area contributed by atoms with Gasteiger partial charge in [0.1, 0.15) is 17.8 Å². The molecule has 0 saturated heterocycles. The molecule has 3 fully saturated rings. The second kappa shape index (κ2) is 14.5. The highest BCUT2D eigenvalue weighted by Crippen LogP contribution is 2.77. The van der Waals surface area contributed by atoms with Gasteiger partial charge in [-0.2, -0.15) is 0 Å². The Hall–Kier alpha value is -3.85. The maximum absolute atomic E-state index is 13.5. The van der Waals surface area contributed by atoms with Gasteiger partial charge < -0.3 is 24.8 Å². The molecule has 3 saturated carbocycles. The SMILES string of the molecule is C=CC1C(/C=C/C=C/C=C/CCC)C2C=CC(=O)OC[C@]3(C)[C@H]4[C@@H]5C=C(CO)C[C@]6(O)C(=O)C(C)=C[C@H]6[C@@]5(O)[C@H](C)C[C@]43OC(=O)C/C=C/C=C/C12. The molecule has 6 rings (SSSR count). The van der Waals surface area contributed by atoms with Crippen LogP contribution >= 0.6 is 0 Å². The van der Waals surface area contributed by atoms with Crippen LogP contribution in [0, 0.1) is 52.8 Å². The predicted molar refractivity (Wildman–Crippen MR) is 199 cm³/mol. The van der Waals surface area contributed by atoms with Crippen LogP contribution < -0.4 is 0 Å². The van der Waals surface area contributed by atoms with E-state index in [0.717, 1.165) is 12.8 Å². The molecule has 1 heterocycles. The number of unbranched alkanes of at least 4 members (excludes halogenated alkanes) is 1. The lowest BCUT2D eigenvalue weighted by atomic mass is 9.56. The molecule has 52 heavy (non-hydrogen) atoms. The monoisotopic (exact) mass is 710 g/mol. The quantitative estimate of drug-likeness (QED) is 0.161. The van der Waals surface area contributed by atoms with Gasteiger partial charge in [-0.05, 0) is 60.5 Å². The number of ether oxygens (including phenoxy) is 2. The van der Waals surface area contributed by atoms with Crippen LogP contribution in [0.15, 0.2) is 109 Å². The van der Waals surface area contributed by atoms with Gasteiger partial charge in [0, 0.05) is 35.7 Å². The van der Waals surface area contributed by atoms with Crippen LogP contribution in [0.3, 0.4) is 0 Å². The molecule has 12 atom stereocenters. The summed E-state index contributed by atoms with van der Waals surface area (Å²) in [6.07, 6.45) is 31.1. The molecule has 6 aliphatic rings. The summed E-state index contributed by atoms with van der Waals surface area (Å²) in [7, 11) is 0. The number of hydrogen-bond donors (Lipinski definition) is 3. The molecule has 0 bridgehead atoms. The molecule has 4 unspecified atom stereocenters. The molecule has 0 amide bonds. The Bertz CT molecular complexity index is 1710. The second-order valence-corrected chi connectivity index (χ2v) is 16.0. The number of hydrogen-bond acceptors (Lipinski definition) is 8. The lowest BCUT2D eigenvalue weighted by molar-refractivity contribution is -0.187. The van der Waals surface area contributed by atoms with Crippen molar-refractivity contribution in [2.45, 2.75) is 76.6 Å². The van der Waals surface area contributed by atoms with Gasteiger partial charge in [-0.1, -0.05) is 112 Å². The van der Waals surface area contributed by atoms with E-state index in [2.05, 4.69) is 31.7 Å². The summed E-state index contributed by atoms with van der Waals surface area (Å²) < 4.78 is 12.3. The minimum Gasteiger partial charge on any atom is -0.462 e. The zero-order chi connectivity index (χ0) is 37.5. The van der Waals surface area contributed by atoms with Crippen LogP contribution in [0.1, 0.15) is 59.8 Å². The zero-order valence-corrected chi connectivity index (χ0v) is 30.8. The van der Waals surface area contributed by atoms with Gasteiger partial charge in [-0.15, -0.1) is 6.58 Å².